The lowest BCUT2D eigenvalue weighted by atomic mass is 10.1. The highest BCUT2D eigenvalue weighted by Crippen LogP contribution is 2.13. The zero-order valence-electron chi connectivity index (χ0n) is 8.94. The molecule has 0 saturated carbocycles. The lowest BCUT2D eigenvalue weighted by Gasteiger charge is -2.05. The van der Waals surface area contributed by atoms with Gasteiger partial charge in [0.2, 0.25) is 0 Å². The van der Waals surface area contributed by atoms with Gasteiger partial charge in [0.1, 0.15) is 0 Å². The van der Waals surface area contributed by atoms with Gasteiger partial charge < -0.3 is 9.84 Å². The molecule has 0 radical (unpaired) electrons. The lowest BCUT2D eigenvalue weighted by molar-refractivity contribution is -0.138. The molecule has 0 aliphatic heterocycles. The fourth-order valence-corrected chi connectivity index (χ4v) is 1.34. The van der Waals surface area contributed by atoms with Crippen LogP contribution in [0, 0.1) is 0 Å². The van der Waals surface area contributed by atoms with E-state index in [-0.39, 0.29) is 12.2 Å². The Bertz CT molecular complexity index is 382. The number of halogens is 1. The molecule has 0 spiro atoms. The molecule has 0 saturated heterocycles. The summed E-state index contributed by atoms with van der Waals surface area (Å²) in [5.74, 6) is -0.500. The second kappa shape index (κ2) is 6.18. The number of hydrogen-bond acceptors (Lipinski definition) is 3. The Hall–Kier alpha value is -1.48. The van der Waals surface area contributed by atoms with E-state index in [1.54, 1.807) is 31.2 Å². The molecule has 0 heterocycles. The molecule has 0 fully saturated rings. The number of aliphatic hydroxyl groups excluding tert-OH is 1. The van der Waals surface area contributed by atoms with Gasteiger partial charge in [0, 0.05) is 11.4 Å². The molecule has 0 unspecified atom stereocenters. The summed E-state index contributed by atoms with van der Waals surface area (Å²) >= 11 is 5.74. The molecule has 86 valence electrons. The Morgan fingerprint density at radius 3 is 2.56 bits per heavy atom. The van der Waals surface area contributed by atoms with E-state index in [1.165, 1.54) is 0 Å². The van der Waals surface area contributed by atoms with Gasteiger partial charge in [-0.15, -0.1) is 0 Å². The van der Waals surface area contributed by atoms with Gasteiger partial charge in [0.05, 0.1) is 18.4 Å². The summed E-state index contributed by atoms with van der Waals surface area (Å²) < 4.78 is 4.80. The summed E-state index contributed by atoms with van der Waals surface area (Å²) in [6, 6.07) is 7.06. The molecule has 0 bridgehead atoms. The molecule has 4 heteroatoms. The Labute approximate surface area is 99.3 Å². The predicted molar refractivity (Wildman–Crippen MR) is 62.5 cm³/mol. The maximum atomic E-state index is 11.4. The van der Waals surface area contributed by atoms with E-state index in [9.17, 15) is 4.79 Å². The van der Waals surface area contributed by atoms with Crippen molar-refractivity contribution < 1.29 is 14.6 Å². The first-order valence-electron chi connectivity index (χ1n) is 4.92. The van der Waals surface area contributed by atoms with Gasteiger partial charge in [-0.25, -0.2) is 4.79 Å². The molecule has 0 atom stereocenters. The maximum Gasteiger partial charge on any atom is 0.337 e. The van der Waals surface area contributed by atoms with Gasteiger partial charge in [-0.2, -0.15) is 0 Å². The van der Waals surface area contributed by atoms with E-state index < -0.39 is 5.97 Å². The van der Waals surface area contributed by atoms with Gasteiger partial charge in [-0.1, -0.05) is 23.7 Å². The van der Waals surface area contributed by atoms with Gasteiger partial charge in [0.25, 0.3) is 0 Å². The van der Waals surface area contributed by atoms with Gasteiger partial charge >= 0.3 is 5.97 Å². The van der Waals surface area contributed by atoms with Gasteiger partial charge in [-0.05, 0) is 24.6 Å². The van der Waals surface area contributed by atoms with Crippen molar-refractivity contribution in [1.29, 1.82) is 0 Å². The third kappa shape index (κ3) is 3.59. The van der Waals surface area contributed by atoms with Crippen molar-refractivity contribution >= 4 is 17.6 Å². The third-order valence-electron chi connectivity index (χ3n) is 2.00. The SMILES string of the molecule is CCOC(=O)/C(=C/O)Cc1ccc(Cl)cc1. The standard InChI is InChI=1S/C12H13ClO3/c1-2-16-12(15)10(8-14)7-9-3-5-11(13)6-4-9/h3-6,8,14H,2,7H2,1H3/b10-8+. The predicted octanol–water partition coefficient (Wildman–Crippen LogP) is 2.89. The number of ether oxygens (including phenoxy) is 1. The first kappa shape index (κ1) is 12.6. The first-order chi connectivity index (χ1) is 7.67. The zero-order chi connectivity index (χ0) is 12.0. The maximum absolute atomic E-state index is 11.4. The normalized spacial score (nSPS) is 11.2. The number of esters is 1. The van der Waals surface area contributed by atoms with Crippen LogP contribution in [0.15, 0.2) is 36.1 Å². The molecule has 3 nitrogen and oxygen atoms in total. The van der Waals surface area contributed by atoms with Crippen LogP contribution < -0.4 is 0 Å². The fourth-order valence-electron chi connectivity index (χ4n) is 1.22. The Morgan fingerprint density at radius 1 is 1.44 bits per heavy atom. The number of hydrogen-bond donors (Lipinski definition) is 1. The second-order valence-electron chi connectivity index (χ2n) is 3.18. The summed E-state index contributed by atoms with van der Waals surface area (Å²) in [6.45, 7) is 2.01. The summed E-state index contributed by atoms with van der Waals surface area (Å²) in [5.41, 5.74) is 1.11. The summed E-state index contributed by atoms with van der Waals surface area (Å²) in [4.78, 5) is 11.4. The number of rotatable bonds is 4. The molecule has 0 amide bonds. The summed E-state index contributed by atoms with van der Waals surface area (Å²) in [6.07, 6.45) is 1.11. The van der Waals surface area contributed by atoms with Crippen LogP contribution >= 0.6 is 11.6 Å². The molecule has 0 aliphatic carbocycles. The Morgan fingerprint density at radius 2 is 2.06 bits per heavy atom. The first-order valence-corrected chi connectivity index (χ1v) is 5.30. The highest BCUT2D eigenvalue weighted by Gasteiger charge is 2.11. The quantitative estimate of drug-likeness (QED) is 0.500. The Balaban J connectivity index is 2.71. The van der Waals surface area contributed by atoms with E-state index in [2.05, 4.69) is 0 Å². The van der Waals surface area contributed by atoms with Crippen LogP contribution in [0.3, 0.4) is 0 Å². The lowest BCUT2D eigenvalue weighted by Crippen LogP contribution is -2.09. The average molecular weight is 241 g/mol. The van der Waals surface area contributed by atoms with Gasteiger partial charge in [0.15, 0.2) is 0 Å². The van der Waals surface area contributed by atoms with E-state index in [0.29, 0.717) is 11.4 Å². The van der Waals surface area contributed by atoms with Crippen LogP contribution in [0.5, 0.6) is 0 Å². The van der Waals surface area contributed by atoms with E-state index >= 15 is 0 Å². The van der Waals surface area contributed by atoms with Crippen LogP contribution in [0.2, 0.25) is 5.02 Å². The van der Waals surface area contributed by atoms with Crippen molar-refractivity contribution in [2.75, 3.05) is 6.61 Å². The highest BCUT2D eigenvalue weighted by atomic mass is 35.5. The molecule has 0 aromatic heterocycles. The molecule has 1 aromatic rings. The van der Waals surface area contributed by atoms with E-state index in [0.717, 1.165) is 11.8 Å². The molecule has 0 aliphatic rings. The summed E-state index contributed by atoms with van der Waals surface area (Å²) in [7, 11) is 0. The van der Waals surface area contributed by atoms with Crippen molar-refractivity contribution in [3.8, 4) is 0 Å². The molecule has 1 aromatic carbocycles. The molecule has 1 N–H and O–H groups in total. The number of carbonyl (C=O) groups is 1. The second-order valence-corrected chi connectivity index (χ2v) is 3.61. The van der Waals surface area contributed by atoms with Gasteiger partial charge in [-0.3, -0.25) is 0 Å². The Kier molecular flexibility index (Phi) is 4.86. The average Bonchev–Trinajstić information content (AvgIpc) is 2.28. The van der Waals surface area contributed by atoms with Crippen LogP contribution in [0.25, 0.3) is 0 Å². The third-order valence-corrected chi connectivity index (χ3v) is 2.25. The largest absolute Gasteiger partial charge is 0.515 e. The molecule has 1 rings (SSSR count). The minimum absolute atomic E-state index is 0.226. The van der Waals surface area contributed by atoms with Crippen molar-refractivity contribution in [3.05, 3.63) is 46.7 Å². The highest BCUT2D eigenvalue weighted by molar-refractivity contribution is 6.30. The van der Waals surface area contributed by atoms with Crippen molar-refractivity contribution in [1.82, 2.24) is 0 Å². The van der Waals surface area contributed by atoms with Crippen LogP contribution in [0.4, 0.5) is 0 Å². The number of carbonyl (C=O) groups excluding carboxylic acids is 1. The van der Waals surface area contributed by atoms with Crippen molar-refractivity contribution in [2.45, 2.75) is 13.3 Å². The number of benzene rings is 1. The van der Waals surface area contributed by atoms with Crippen LogP contribution in [-0.4, -0.2) is 17.7 Å². The molecular formula is C12H13ClO3. The van der Waals surface area contributed by atoms with Crippen LogP contribution in [-0.2, 0) is 16.0 Å². The summed E-state index contributed by atoms with van der Waals surface area (Å²) in [5, 5.41) is 9.58. The minimum Gasteiger partial charge on any atom is -0.515 e. The molecular weight excluding hydrogens is 228 g/mol. The van der Waals surface area contributed by atoms with Crippen molar-refractivity contribution in [3.63, 3.8) is 0 Å². The van der Waals surface area contributed by atoms with Crippen molar-refractivity contribution in [2.24, 2.45) is 0 Å². The smallest absolute Gasteiger partial charge is 0.337 e. The van der Waals surface area contributed by atoms with E-state index in [4.69, 9.17) is 21.4 Å². The monoisotopic (exact) mass is 240 g/mol. The number of aliphatic hydroxyl groups is 1. The molecule has 16 heavy (non-hydrogen) atoms. The van der Waals surface area contributed by atoms with E-state index in [1.807, 2.05) is 0 Å². The topological polar surface area (TPSA) is 46.5 Å². The fraction of sp³-hybridized carbons (Fsp3) is 0.250. The van der Waals surface area contributed by atoms with Crippen LogP contribution in [0.1, 0.15) is 12.5 Å². The minimum atomic E-state index is -0.500. The zero-order valence-corrected chi connectivity index (χ0v) is 9.70.